The first-order chi connectivity index (χ1) is 10.7. The molecule has 0 saturated heterocycles. The number of hydrazone groups is 1. The molecule has 1 aliphatic carbocycles. The molecule has 0 aromatic heterocycles. The Balaban J connectivity index is 2.13. The third kappa shape index (κ3) is 3.55. The van der Waals surface area contributed by atoms with E-state index in [1.54, 1.807) is 13.0 Å². The smallest absolute Gasteiger partial charge is 0.362 e. The number of thiocarbonyl (C=S) groups is 1. The standard InChI is InChI=1S/C14H17F4N3OS/c1-2-10-7-13(22,14(16,17)18)21(20-10)12(23)19-8-9-5-3-4-6-11(9)15/h4,6,22H,2-3,5,7-8H2,1H3,(H,19,23). The van der Waals surface area contributed by atoms with Crippen LogP contribution in [-0.2, 0) is 0 Å². The lowest BCUT2D eigenvalue weighted by Gasteiger charge is -2.34. The molecule has 128 valence electrons. The maximum atomic E-state index is 13.6. The molecule has 0 bridgehead atoms. The van der Waals surface area contributed by atoms with Crippen molar-refractivity contribution in [2.75, 3.05) is 6.54 Å². The van der Waals surface area contributed by atoms with Crippen LogP contribution in [0.5, 0.6) is 0 Å². The van der Waals surface area contributed by atoms with Crippen molar-refractivity contribution in [3.05, 3.63) is 23.6 Å². The van der Waals surface area contributed by atoms with Gasteiger partial charge in [-0.15, -0.1) is 0 Å². The van der Waals surface area contributed by atoms with Gasteiger partial charge >= 0.3 is 6.18 Å². The van der Waals surface area contributed by atoms with Gasteiger partial charge in [0.25, 0.3) is 5.72 Å². The Bertz CT molecular complexity index is 585. The molecule has 2 rings (SSSR count). The minimum atomic E-state index is -4.92. The van der Waals surface area contributed by atoms with Crippen molar-refractivity contribution in [1.29, 1.82) is 0 Å². The maximum absolute atomic E-state index is 13.6. The van der Waals surface area contributed by atoms with Crippen LogP contribution < -0.4 is 5.32 Å². The summed E-state index contributed by atoms with van der Waals surface area (Å²) in [6.07, 6.45) is -1.19. The first kappa shape index (κ1) is 17.9. The lowest BCUT2D eigenvalue weighted by molar-refractivity contribution is -0.294. The van der Waals surface area contributed by atoms with Crippen LogP contribution in [0.15, 0.2) is 28.7 Å². The summed E-state index contributed by atoms with van der Waals surface area (Å²) >= 11 is 4.92. The van der Waals surface area contributed by atoms with Gasteiger partial charge in [0.2, 0.25) is 0 Å². The van der Waals surface area contributed by atoms with E-state index in [0.717, 1.165) is 0 Å². The Hall–Kier alpha value is -1.48. The average molecular weight is 351 g/mol. The fourth-order valence-corrected chi connectivity index (χ4v) is 2.62. The molecule has 0 aromatic carbocycles. The third-order valence-corrected chi connectivity index (χ3v) is 4.08. The number of allylic oxidation sites excluding steroid dienone is 3. The first-order valence-corrected chi connectivity index (χ1v) is 7.57. The van der Waals surface area contributed by atoms with Gasteiger partial charge in [-0.2, -0.15) is 23.3 Å². The SMILES string of the molecule is CCC1=NN(C(=S)NCC2=C(F)C=CCC2)C(O)(C(F)(F)F)C1. The van der Waals surface area contributed by atoms with E-state index in [9.17, 15) is 22.7 Å². The lowest BCUT2D eigenvalue weighted by Crippen LogP contribution is -2.58. The molecule has 1 aliphatic heterocycles. The summed E-state index contributed by atoms with van der Waals surface area (Å²) in [5, 5.41) is 16.3. The van der Waals surface area contributed by atoms with Crippen LogP contribution in [0.25, 0.3) is 0 Å². The highest BCUT2D eigenvalue weighted by Gasteiger charge is 2.62. The van der Waals surface area contributed by atoms with Crippen LogP contribution in [0.4, 0.5) is 17.6 Å². The fourth-order valence-electron chi connectivity index (χ4n) is 2.36. The lowest BCUT2D eigenvalue weighted by atomic mass is 10.0. The molecule has 23 heavy (non-hydrogen) atoms. The molecule has 2 aliphatic rings. The van der Waals surface area contributed by atoms with Gasteiger partial charge in [-0.1, -0.05) is 13.0 Å². The van der Waals surface area contributed by atoms with Crippen LogP contribution in [0.3, 0.4) is 0 Å². The second kappa shape index (κ2) is 6.56. The fraction of sp³-hybridized carbons (Fsp3) is 0.571. The molecule has 0 saturated carbocycles. The molecule has 0 aromatic rings. The largest absolute Gasteiger partial charge is 0.438 e. The van der Waals surface area contributed by atoms with Crippen LogP contribution in [-0.4, -0.2) is 39.4 Å². The van der Waals surface area contributed by atoms with Gasteiger partial charge in [0.05, 0.1) is 0 Å². The molecule has 9 heteroatoms. The summed E-state index contributed by atoms with van der Waals surface area (Å²) in [4.78, 5) is 0. The molecule has 1 atom stereocenters. The highest BCUT2D eigenvalue weighted by atomic mass is 32.1. The van der Waals surface area contributed by atoms with Gasteiger partial charge < -0.3 is 10.4 Å². The topological polar surface area (TPSA) is 47.9 Å². The second-order valence-corrected chi connectivity index (χ2v) is 5.76. The van der Waals surface area contributed by atoms with Crippen molar-refractivity contribution in [2.24, 2.45) is 5.10 Å². The predicted octanol–water partition coefficient (Wildman–Crippen LogP) is 3.16. The monoisotopic (exact) mass is 351 g/mol. The Kier molecular flexibility index (Phi) is 5.10. The molecule has 0 amide bonds. The van der Waals surface area contributed by atoms with E-state index < -0.39 is 24.1 Å². The van der Waals surface area contributed by atoms with Crippen molar-refractivity contribution < 1.29 is 22.7 Å². The third-order valence-electron chi connectivity index (χ3n) is 3.76. The predicted molar refractivity (Wildman–Crippen MR) is 82.3 cm³/mol. The summed E-state index contributed by atoms with van der Waals surface area (Å²) in [5.74, 6) is -0.420. The van der Waals surface area contributed by atoms with E-state index in [4.69, 9.17) is 12.2 Å². The van der Waals surface area contributed by atoms with Crippen LogP contribution in [0, 0.1) is 0 Å². The number of nitrogens with zero attached hydrogens (tertiary/aromatic N) is 2. The number of hydrogen-bond acceptors (Lipinski definition) is 3. The number of nitrogens with one attached hydrogen (secondary N) is 1. The van der Waals surface area contributed by atoms with E-state index >= 15 is 0 Å². The molecule has 0 radical (unpaired) electrons. The van der Waals surface area contributed by atoms with Crippen LogP contribution >= 0.6 is 12.2 Å². The zero-order valence-corrected chi connectivity index (χ0v) is 13.3. The summed E-state index contributed by atoms with van der Waals surface area (Å²) in [6, 6.07) is 0. The Morgan fingerprint density at radius 3 is 2.78 bits per heavy atom. The van der Waals surface area contributed by atoms with Crippen LogP contribution in [0.1, 0.15) is 32.6 Å². The molecule has 4 nitrogen and oxygen atoms in total. The van der Waals surface area contributed by atoms with E-state index in [0.29, 0.717) is 23.4 Å². The minimum absolute atomic E-state index is 0.0313. The molecule has 1 unspecified atom stereocenters. The number of rotatable bonds is 3. The minimum Gasteiger partial charge on any atom is -0.362 e. The number of halogens is 4. The summed E-state index contributed by atoms with van der Waals surface area (Å²) in [7, 11) is 0. The van der Waals surface area contributed by atoms with Crippen molar-refractivity contribution in [3.8, 4) is 0 Å². The highest BCUT2D eigenvalue weighted by molar-refractivity contribution is 7.80. The zero-order valence-electron chi connectivity index (χ0n) is 12.5. The van der Waals surface area contributed by atoms with E-state index in [1.165, 1.54) is 6.08 Å². The molecule has 1 heterocycles. The Morgan fingerprint density at radius 1 is 1.52 bits per heavy atom. The van der Waals surface area contributed by atoms with E-state index in [1.807, 2.05) is 0 Å². The Morgan fingerprint density at radius 2 is 2.22 bits per heavy atom. The van der Waals surface area contributed by atoms with Gasteiger partial charge in [-0.3, -0.25) is 0 Å². The molecule has 2 N–H and O–H groups in total. The maximum Gasteiger partial charge on any atom is 0.438 e. The number of hydrogen-bond donors (Lipinski definition) is 2. The van der Waals surface area contributed by atoms with Crippen molar-refractivity contribution in [1.82, 2.24) is 10.3 Å². The number of aliphatic hydroxyl groups is 1. The molecule has 0 spiro atoms. The van der Waals surface area contributed by atoms with Crippen molar-refractivity contribution >= 4 is 23.0 Å². The summed E-state index contributed by atoms with van der Waals surface area (Å²) in [6.45, 7) is 1.61. The first-order valence-electron chi connectivity index (χ1n) is 7.16. The van der Waals surface area contributed by atoms with Crippen molar-refractivity contribution in [3.63, 3.8) is 0 Å². The Labute approximate surface area is 136 Å². The highest BCUT2D eigenvalue weighted by Crippen LogP contribution is 2.40. The second-order valence-electron chi connectivity index (χ2n) is 5.37. The van der Waals surface area contributed by atoms with Gasteiger partial charge in [0.15, 0.2) is 5.11 Å². The summed E-state index contributed by atoms with van der Waals surface area (Å²) < 4.78 is 53.1. The molecular formula is C14H17F4N3OS. The normalized spacial score (nSPS) is 25.0. The van der Waals surface area contributed by atoms with E-state index in [2.05, 4.69) is 10.4 Å². The average Bonchev–Trinajstić information content (AvgIpc) is 2.84. The van der Waals surface area contributed by atoms with Gasteiger partial charge in [0.1, 0.15) is 5.83 Å². The van der Waals surface area contributed by atoms with Crippen LogP contribution in [0.2, 0.25) is 0 Å². The van der Waals surface area contributed by atoms with Gasteiger partial charge in [0, 0.05) is 18.7 Å². The quantitative estimate of drug-likeness (QED) is 0.606. The van der Waals surface area contributed by atoms with Crippen molar-refractivity contribution in [2.45, 2.75) is 44.5 Å². The van der Waals surface area contributed by atoms with E-state index in [-0.39, 0.29) is 23.8 Å². The molecule has 0 fully saturated rings. The zero-order chi connectivity index (χ0) is 17.3. The summed E-state index contributed by atoms with van der Waals surface area (Å²) in [5.41, 5.74) is -2.55. The van der Waals surface area contributed by atoms with Gasteiger partial charge in [-0.25, -0.2) is 4.39 Å². The van der Waals surface area contributed by atoms with Gasteiger partial charge in [-0.05, 0) is 43.1 Å². The molecular weight excluding hydrogens is 334 g/mol. The number of alkyl halides is 3.